The van der Waals surface area contributed by atoms with Crippen molar-refractivity contribution in [3.8, 4) is 23.0 Å². The van der Waals surface area contributed by atoms with Crippen LogP contribution in [0, 0.1) is 11.3 Å². The molecule has 0 amide bonds. The summed E-state index contributed by atoms with van der Waals surface area (Å²) in [5.41, 5.74) is -8.90. The van der Waals surface area contributed by atoms with E-state index in [0.717, 1.165) is 18.8 Å². The van der Waals surface area contributed by atoms with E-state index in [0.29, 0.717) is 117 Å². The zero-order chi connectivity index (χ0) is 93.0. The van der Waals surface area contributed by atoms with Crippen molar-refractivity contribution in [3.63, 3.8) is 0 Å². The van der Waals surface area contributed by atoms with Gasteiger partial charge in [-0.3, -0.25) is 38.4 Å². The fourth-order valence-electron chi connectivity index (χ4n) is 16.6. The first-order valence-electron chi connectivity index (χ1n) is 43.5. The van der Waals surface area contributed by atoms with Crippen LogP contribution in [-0.4, -0.2) is 147 Å². The molecule has 1 aliphatic rings. The molecule has 20 nitrogen and oxygen atoms in total. The van der Waals surface area contributed by atoms with Gasteiger partial charge in [-0.05, 0) is 206 Å². The maximum atomic E-state index is 14.6. The highest BCUT2D eigenvalue weighted by Gasteiger charge is 2.54. The van der Waals surface area contributed by atoms with Crippen molar-refractivity contribution >= 4 is 196 Å². The quantitative estimate of drug-likeness (QED) is 0.0254. The molecule has 0 saturated heterocycles. The summed E-state index contributed by atoms with van der Waals surface area (Å²) in [6, 6.07) is 42.1. The predicted octanol–water partition coefficient (Wildman–Crippen LogP) is 23.2. The Morgan fingerprint density at radius 3 is 1.23 bits per heavy atom. The summed E-state index contributed by atoms with van der Waals surface area (Å²) in [5.74, 6) is -0.278. The molecule has 1 saturated carbocycles. The Balaban J connectivity index is 0.745. The number of Topliss-reactive ketones (excluding diaryl/α,β-unsaturated/α-hetero) is 4. The second kappa shape index (κ2) is 40.9. The van der Waals surface area contributed by atoms with Gasteiger partial charge in [-0.1, -0.05) is 123 Å². The maximum Gasteiger partial charge on any atom is 0.201 e. The molecule has 129 heavy (non-hydrogen) atoms. The van der Waals surface area contributed by atoms with Crippen molar-refractivity contribution in [2.24, 2.45) is 11.3 Å². The molecular formula is C101H110Cl4O20S4. The van der Waals surface area contributed by atoms with E-state index in [2.05, 4.69) is 0 Å². The first kappa shape index (κ1) is 98.5. The summed E-state index contributed by atoms with van der Waals surface area (Å²) in [6.07, 6.45) is -0.482. The minimum Gasteiger partial charge on any atom is -0.484 e. The van der Waals surface area contributed by atoms with Crippen molar-refractivity contribution in [2.75, 3.05) is 59.5 Å². The van der Waals surface area contributed by atoms with Crippen LogP contribution in [0.2, 0.25) is 20.1 Å². The lowest BCUT2D eigenvalue weighted by Gasteiger charge is -2.54. The predicted molar refractivity (Wildman–Crippen MR) is 522 cm³/mol. The standard InChI is InChI=1S/C101H110Cl4O20S4/c1-17-98(15,82(109)52-118-74-43-39-69(105)86-90(113)65-31-23-27-35-79(65)129-94(74)86)124-58(5)46-95(9,10)119-54-100(53-114-45-44-57(4)122-61(8)70(106)49-115-71-40-36-66(102)83-87(110)62-28-20-24-32-76(62)126-91(71)83,55-120-99(16)48-75(60(99)7)125-97(13,14)81(108)51-117-73-42-38-68(104)85-89(112)64-30-22-26-34-78(64)128-93(73)85)56-121-101(18-2,19-3)47-59(6)123-96(11,12)80(107)50-116-72-41-37-67(103)84-88(111)63-29-21-25-33-77(63)127-92(72)84/h20-43,57-61,75H,17-19,44-56H2,1-16H3. The molecule has 4 heterocycles. The normalized spacial score (nSPS) is 17.2. The van der Waals surface area contributed by atoms with E-state index in [4.69, 9.17) is 103 Å². The SMILES string of the molecule is CCC(CC)(CC(C)OC(C)(C)C(=O)COc1ccc(Cl)c2c(=O)c3ccccc3sc12)OCC(COCCC(C)OC(C)C(=O)COc1ccc(Cl)c2c(=O)c3ccccc3sc12)(COC(C)(C)CC(C)OC(C)(CC)C(=O)COc1ccc(Cl)c2c(=O)c3ccccc3sc12)COC1(C)CC(OC(C)(C)C(=O)COc2ccc(Cl)c3c(=O)c4ccccc4sc23)C1C. The van der Waals surface area contributed by atoms with Crippen molar-refractivity contribution in [1.82, 2.24) is 0 Å². The first-order chi connectivity index (χ1) is 61.2. The fourth-order valence-corrected chi connectivity index (χ4v) is 22.4. The van der Waals surface area contributed by atoms with E-state index in [1.807, 2.05) is 118 Å². The molecule has 13 rings (SSSR count). The number of hydrogen-bond donors (Lipinski definition) is 0. The van der Waals surface area contributed by atoms with Gasteiger partial charge in [0.2, 0.25) is 17.3 Å². The molecule has 9 unspecified atom stereocenters. The summed E-state index contributed by atoms with van der Waals surface area (Å²) in [6.45, 7) is 28.5. The van der Waals surface area contributed by atoms with E-state index < -0.39 is 69.5 Å². The fraction of sp³-hybridized carbons (Fsp3) is 0.446. The molecule has 0 radical (unpaired) electrons. The molecule has 0 bridgehead atoms. The van der Waals surface area contributed by atoms with Gasteiger partial charge in [0, 0.05) is 72.1 Å². The Bertz CT molecular complexity index is 6480. The lowest BCUT2D eigenvalue weighted by molar-refractivity contribution is -0.255. The van der Waals surface area contributed by atoms with Gasteiger partial charge in [0.05, 0.1) is 133 Å². The Morgan fingerprint density at radius 1 is 0.450 bits per heavy atom. The van der Waals surface area contributed by atoms with Crippen molar-refractivity contribution in [1.29, 1.82) is 0 Å². The van der Waals surface area contributed by atoms with Gasteiger partial charge in [-0.15, -0.1) is 45.3 Å². The minimum absolute atomic E-state index is 0.00559. The Morgan fingerprint density at radius 2 is 0.829 bits per heavy atom. The smallest absolute Gasteiger partial charge is 0.201 e. The van der Waals surface area contributed by atoms with E-state index in [1.165, 1.54) is 45.3 Å². The minimum atomic E-state index is -1.38. The lowest BCUT2D eigenvalue weighted by Crippen LogP contribution is -2.61. The molecule has 0 aliphatic heterocycles. The zero-order valence-corrected chi connectivity index (χ0v) is 81.7. The highest BCUT2D eigenvalue weighted by atomic mass is 35.5. The van der Waals surface area contributed by atoms with Gasteiger partial charge in [-0.25, -0.2) is 0 Å². The second-order valence-electron chi connectivity index (χ2n) is 35.9. The van der Waals surface area contributed by atoms with Gasteiger partial charge >= 0.3 is 0 Å². The number of ether oxygens (including phenoxy) is 12. The van der Waals surface area contributed by atoms with Crippen LogP contribution in [0.1, 0.15) is 156 Å². The van der Waals surface area contributed by atoms with Crippen LogP contribution in [0.4, 0.5) is 0 Å². The van der Waals surface area contributed by atoms with Gasteiger partial charge in [0.15, 0.2) is 27.5 Å². The lowest BCUT2D eigenvalue weighted by atomic mass is 9.68. The van der Waals surface area contributed by atoms with Crippen LogP contribution in [0.3, 0.4) is 0 Å². The van der Waals surface area contributed by atoms with Gasteiger partial charge in [0.25, 0.3) is 0 Å². The molecule has 8 aromatic carbocycles. The van der Waals surface area contributed by atoms with Crippen molar-refractivity contribution < 1.29 is 76.0 Å². The van der Waals surface area contributed by atoms with Gasteiger partial charge in [0.1, 0.15) is 72.3 Å². The number of carbonyl (C=O) groups is 4. The number of benzene rings is 8. The first-order valence-corrected chi connectivity index (χ1v) is 48.3. The van der Waals surface area contributed by atoms with Crippen LogP contribution in [0.5, 0.6) is 23.0 Å². The molecule has 9 atom stereocenters. The molecule has 0 spiro atoms. The number of hydrogen-bond acceptors (Lipinski definition) is 24. The Labute approximate surface area is 785 Å². The summed E-state index contributed by atoms with van der Waals surface area (Å²) < 4.78 is 85.8. The average Bonchev–Trinajstić information content (AvgIpc) is 0.761. The van der Waals surface area contributed by atoms with E-state index >= 15 is 0 Å². The van der Waals surface area contributed by atoms with E-state index in [1.54, 1.807) is 139 Å². The molecule has 1 fully saturated rings. The molecule has 1 aliphatic carbocycles. The van der Waals surface area contributed by atoms with Crippen LogP contribution in [0.25, 0.3) is 80.7 Å². The number of carbonyl (C=O) groups excluding carboxylic acids is 4. The summed E-state index contributed by atoms with van der Waals surface area (Å²) in [7, 11) is 0. The highest BCUT2D eigenvalue weighted by Crippen LogP contribution is 2.48. The van der Waals surface area contributed by atoms with Crippen LogP contribution in [0.15, 0.2) is 165 Å². The summed E-state index contributed by atoms with van der Waals surface area (Å²) in [5, 5.41) is 4.49. The third kappa shape index (κ3) is 22.0. The molecule has 12 aromatic rings. The van der Waals surface area contributed by atoms with E-state index in [9.17, 15) is 38.4 Å². The average molecular weight is 1910 g/mol. The van der Waals surface area contributed by atoms with Gasteiger partial charge < -0.3 is 56.8 Å². The Hall–Kier alpha value is -7.96. The van der Waals surface area contributed by atoms with Crippen LogP contribution >= 0.6 is 91.8 Å². The summed E-state index contributed by atoms with van der Waals surface area (Å²) in [4.78, 5) is 113. The van der Waals surface area contributed by atoms with E-state index in [-0.39, 0.29) is 143 Å². The largest absolute Gasteiger partial charge is 0.484 e. The molecule has 28 heteroatoms. The van der Waals surface area contributed by atoms with Gasteiger partial charge in [-0.2, -0.15) is 0 Å². The number of halogens is 4. The number of fused-ring (bicyclic) bond motifs is 8. The Kier molecular flexibility index (Phi) is 31.2. The zero-order valence-electron chi connectivity index (χ0n) is 75.4. The molecular weight excluding hydrogens is 1800 g/mol. The highest BCUT2D eigenvalue weighted by molar-refractivity contribution is 7.26. The summed E-state index contributed by atoms with van der Waals surface area (Å²) >= 11 is 32.1. The van der Waals surface area contributed by atoms with Crippen molar-refractivity contribution in [3.05, 3.63) is 207 Å². The number of ketones is 4. The number of rotatable bonds is 45. The third-order valence-corrected chi connectivity index (χ3v) is 31.0. The van der Waals surface area contributed by atoms with Crippen molar-refractivity contribution in [2.45, 2.75) is 220 Å². The van der Waals surface area contributed by atoms with Crippen LogP contribution < -0.4 is 40.7 Å². The monoisotopic (exact) mass is 1910 g/mol. The maximum absolute atomic E-state index is 14.6. The second-order valence-corrected chi connectivity index (χ2v) is 41.7. The topological polar surface area (TPSA) is 247 Å². The molecule has 0 N–H and O–H groups in total. The van der Waals surface area contributed by atoms with Crippen LogP contribution in [-0.2, 0) is 57.1 Å². The molecule has 686 valence electrons. The third-order valence-electron chi connectivity index (χ3n) is 25.0. The molecule has 4 aromatic heterocycles.